The van der Waals surface area contributed by atoms with Crippen LogP contribution in [0.5, 0.6) is 0 Å². The van der Waals surface area contributed by atoms with Crippen LogP contribution in [-0.4, -0.2) is 40.5 Å². The Kier molecular flexibility index (Phi) is 7.78. The second-order valence-electron chi connectivity index (χ2n) is 7.24. The van der Waals surface area contributed by atoms with E-state index in [1.54, 1.807) is 6.92 Å². The fraction of sp³-hybridized carbons (Fsp3) is 0.476. The number of nitrogens with one attached hydrogen (secondary N) is 1. The summed E-state index contributed by atoms with van der Waals surface area (Å²) in [5.41, 5.74) is 7.29. The number of carbonyl (C=O) groups is 1. The van der Waals surface area contributed by atoms with E-state index in [0.29, 0.717) is 13.1 Å². The maximum absolute atomic E-state index is 13.0. The van der Waals surface area contributed by atoms with Crippen LogP contribution in [0, 0.1) is 6.92 Å². The van der Waals surface area contributed by atoms with E-state index < -0.39 is 11.2 Å². The second kappa shape index (κ2) is 10.1. The maximum atomic E-state index is 13.0. The Morgan fingerprint density at radius 2 is 1.90 bits per heavy atom. The lowest BCUT2D eigenvalue weighted by molar-refractivity contribution is -0.119. The Hall–Kier alpha value is -2.87. The van der Waals surface area contributed by atoms with Crippen molar-refractivity contribution in [2.75, 3.05) is 30.8 Å². The van der Waals surface area contributed by atoms with Gasteiger partial charge in [-0.3, -0.25) is 24.0 Å². The summed E-state index contributed by atoms with van der Waals surface area (Å²) in [6.07, 6.45) is 1.62. The van der Waals surface area contributed by atoms with Crippen molar-refractivity contribution in [2.24, 2.45) is 0 Å². The number of likely N-dealkylation sites (N-methyl/N-ethyl adjacent to an activating group) is 2. The summed E-state index contributed by atoms with van der Waals surface area (Å²) in [5, 5.41) is 0. The number of hydrogen-bond acceptors (Lipinski definition) is 5. The van der Waals surface area contributed by atoms with Gasteiger partial charge in [0.15, 0.2) is 5.69 Å². The molecule has 8 heteroatoms. The molecule has 0 saturated carbocycles. The number of aromatic nitrogens is 2. The number of nitrogens with two attached hydrogens (primary N) is 1. The molecular weight excluding hydrogens is 370 g/mol. The van der Waals surface area contributed by atoms with Crippen LogP contribution in [0.3, 0.4) is 0 Å². The number of H-pyrrole nitrogens is 1. The second-order valence-corrected chi connectivity index (χ2v) is 7.24. The van der Waals surface area contributed by atoms with E-state index >= 15 is 0 Å². The van der Waals surface area contributed by atoms with Crippen LogP contribution in [-0.2, 0) is 17.9 Å². The molecule has 1 aromatic heterocycles. The molecule has 158 valence electrons. The standard InChI is InChI=1S/C21H31N5O3/c1-5-7-12-26-19(22)18(20(28)23-21(26)29)25(6-2)17(27)14-24(4)13-16-11-9-8-10-15(16)3/h8-11H,5-7,12-14,22H2,1-4H3,(H,23,28,29). The molecule has 0 fully saturated rings. The number of unbranched alkanes of at least 4 members (excludes halogenated alkanes) is 1. The zero-order valence-electron chi connectivity index (χ0n) is 17.7. The number of rotatable bonds is 9. The van der Waals surface area contributed by atoms with Crippen LogP contribution < -0.4 is 21.9 Å². The molecule has 0 unspecified atom stereocenters. The average molecular weight is 402 g/mol. The third-order valence-electron chi connectivity index (χ3n) is 4.94. The minimum atomic E-state index is -0.642. The number of anilines is 2. The predicted molar refractivity (Wildman–Crippen MR) is 116 cm³/mol. The molecule has 0 saturated heterocycles. The van der Waals surface area contributed by atoms with Gasteiger partial charge >= 0.3 is 5.69 Å². The third-order valence-corrected chi connectivity index (χ3v) is 4.94. The summed E-state index contributed by atoms with van der Waals surface area (Å²) < 4.78 is 1.33. The zero-order chi connectivity index (χ0) is 21.6. The number of carbonyl (C=O) groups excluding carboxylic acids is 1. The van der Waals surface area contributed by atoms with E-state index in [9.17, 15) is 14.4 Å². The summed E-state index contributed by atoms with van der Waals surface area (Å²) in [6.45, 7) is 7.20. The average Bonchev–Trinajstić information content (AvgIpc) is 2.66. The lowest BCUT2D eigenvalue weighted by Crippen LogP contribution is -2.44. The molecule has 0 radical (unpaired) electrons. The van der Waals surface area contributed by atoms with Gasteiger partial charge in [-0.2, -0.15) is 0 Å². The van der Waals surface area contributed by atoms with Crippen molar-refractivity contribution in [1.29, 1.82) is 0 Å². The summed E-state index contributed by atoms with van der Waals surface area (Å²) in [6, 6.07) is 8.00. The van der Waals surface area contributed by atoms with Gasteiger partial charge in [0, 0.05) is 19.6 Å². The van der Waals surface area contributed by atoms with Gasteiger partial charge in [-0.05, 0) is 38.4 Å². The molecule has 8 nitrogen and oxygen atoms in total. The molecule has 3 N–H and O–H groups in total. The molecule has 0 atom stereocenters. The Morgan fingerprint density at radius 1 is 1.21 bits per heavy atom. The highest BCUT2D eigenvalue weighted by Gasteiger charge is 2.23. The van der Waals surface area contributed by atoms with E-state index in [1.807, 2.05) is 50.1 Å². The lowest BCUT2D eigenvalue weighted by atomic mass is 10.1. The maximum Gasteiger partial charge on any atom is 0.330 e. The van der Waals surface area contributed by atoms with Crippen LogP contribution >= 0.6 is 0 Å². The molecule has 1 aromatic carbocycles. The van der Waals surface area contributed by atoms with Crippen molar-refractivity contribution >= 4 is 17.4 Å². The Bertz CT molecular complexity index is 964. The van der Waals surface area contributed by atoms with E-state index in [1.165, 1.54) is 9.47 Å². The van der Waals surface area contributed by atoms with E-state index in [4.69, 9.17) is 5.73 Å². The smallest absolute Gasteiger partial charge is 0.330 e. The van der Waals surface area contributed by atoms with Crippen molar-refractivity contribution in [3.63, 3.8) is 0 Å². The van der Waals surface area contributed by atoms with Gasteiger partial charge in [0.25, 0.3) is 5.56 Å². The number of benzene rings is 1. The van der Waals surface area contributed by atoms with E-state index in [2.05, 4.69) is 4.98 Å². The first kappa shape index (κ1) is 22.4. The Balaban J connectivity index is 2.26. The number of nitrogen functional groups attached to an aromatic ring is 1. The first-order valence-corrected chi connectivity index (χ1v) is 9.96. The molecule has 2 rings (SSSR count). The van der Waals surface area contributed by atoms with Gasteiger partial charge in [-0.1, -0.05) is 37.6 Å². The molecule has 1 heterocycles. The van der Waals surface area contributed by atoms with Crippen LogP contribution in [0.15, 0.2) is 33.9 Å². The quantitative estimate of drug-likeness (QED) is 0.666. The van der Waals surface area contributed by atoms with Gasteiger partial charge in [0.1, 0.15) is 5.82 Å². The van der Waals surface area contributed by atoms with Crippen molar-refractivity contribution in [2.45, 2.75) is 46.7 Å². The Morgan fingerprint density at radius 3 is 2.52 bits per heavy atom. The number of nitrogens with zero attached hydrogens (tertiary/aromatic N) is 3. The van der Waals surface area contributed by atoms with Crippen LogP contribution in [0.4, 0.5) is 11.5 Å². The molecule has 0 aliphatic carbocycles. The van der Waals surface area contributed by atoms with Gasteiger partial charge in [0.05, 0.1) is 6.54 Å². The first-order chi connectivity index (χ1) is 13.8. The van der Waals surface area contributed by atoms with Crippen molar-refractivity contribution in [3.8, 4) is 0 Å². The third kappa shape index (κ3) is 5.35. The van der Waals surface area contributed by atoms with Crippen molar-refractivity contribution in [1.82, 2.24) is 14.5 Å². The monoisotopic (exact) mass is 401 g/mol. The summed E-state index contributed by atoms with van der Waals surface area (Å²) in [5.74, 6) is -0.217. The number of aryl methyl sites for hydroxylation is 1. The van der Waals surface area contributed by atoms with Gasteiger partial charge in [-0.15, -0.1) is 0 Å². The van der Waals surface area contributed by atoms with Gasteiger partial charge in [0.2, 0.25) is 5.91 Å². The molecule has 1 amide bonds. The highest BCUT2D eigenvalue weighted by molar-refractivity contribution is 5.96. The summed E-state index contributed by atoms with van der Waals surface area (Å²) >= 11 is 0. The van der Waals surface area contributed by atoms with E-state index in [-0.39, 0.29) is 30.5 Å². The van der Waals surface area contributed by atoms with E-state index in [0.717, 1.165) is 24.0 Å². The molecule has 0 spiro atoms. The molecule has 0 bridgehead atoms. The highest BCUT2D eigenvalue weighted by atomic mass is 16.2. The zero-order valence-corrected chi connectivity index (χ0v) is 17.7. The minimum Gasteiger partial charge on any atom is -0.383 e. The SMILES string of the molecule is CCCCn1c(N)c(N(CC)C(=O)CN(C)Cc2ccccc2C)c(=O)[nH]c1=O. The molecular formula is C21H31N5O3. The molecule has 0 aliphatic heterocycles. The minimum absolute atomic E-state index is 0.0314. The van der Waals surface area contributed by atoms with Crippen LogP contribution in [0.2, 0.25) is 0 Å². The van der Waals surface area contributed by atoms with Crippen molar-refractivity contribution < 1.29 is 4.79 Å². The number of amides is 1. The molecule has 29 heavy (non-hydrogen) atoms. The Labute approximate surface area is 170 Å². The van der Waals surface area contributed by atoms with Gasteiger partial charge in [-0.25, -0.2) is 4.79 Å². The topological polar surface area (TPSA) is 104 Å². The fourth-order valence-electron chi connectivity index (χ4n) is 3.29. The lowest BCUT2D eigenvalue weighted by Gasteiger charge is -2.26. The largest absolute Gasteiger partial charge is 0.383 e. The normalized spacial score (nSPS) is 11.1. The fourth-order valence-corrected chi connectivity index (χ4v) is 3.29. The molecule has 0 aliphatic rings. The predicted octanol–water partition coefficient (Wildman–Crippen LogP) is 1.71. The van der Waals surface area contributed by atoms with Crippen LogP contribution in [0.25, 0.3) is 0 Å². The van der Waals surface area contributed by atoms with Gasteiger partial charge < -0.3 is 10.6 Å². The number of hydrogen-bond donors (Lipinski definition) is 2. The summed E-state index contributed by atoms with van der Waals surface area (Å²) in [7, 11) is 1.86. The van der Waals surface area contributed by atoms with Crippen LogP contribution in [0.1, 0.15) is 37.8 Å². The summed E-state index contributed by atoms with van der Waals surface area (Å²) in [4.78, 5) is 43.1. The number of aromatic amines is 1. The first-order valence-electron chi connectivity index (χ1n) is 9.96. The van der Waals surface area contributed by atoms with Crippen molar-refractivity contribution in [3.05, 3.63) is 56.2 Å². The molecule has 2 aromatic rings. The highest BCUT2D eigenvalue weighted by Crippen LogP contribution is 2.18.